The quantitative estimate of drug-likeness (QED) is 0.838. The zero-order chi connectivity index (χ0) is 13.8. The second-order valence-corrected chi connectivity index (χ2v) is 5.44. The minimum Gasteiger partial charge on any atom is -0.368 e. The summed E-state index contributed by atoms with van der Waals surface area (Å²) >= 11 is 0. The summed E-state index contributed by atoms with van der Waals surface area (Å²) in [6, 6.07) is 0.513. The van der Waals surface area contributed by atoms with Gasteiger partial charge in [0.05, 0.1) is 0 Å². The topological polar surface area (TPSA) is 71.2 Å². The number of nitrogen functional groups attached to an aromatic ring is 1. The summed E-state index contributed by atoms with van der Waals surface area (Å²) in [6.07, 6.45) is 7.67. The second-order valence-electron chi connectivity index (χ2n) is 5.44. The lowest BCUT2D eigenvalue weighted by Crippen LogP contribution is -2.33. The first-order chi connectivity index (χ1) is 9.08. The maximum Gasteiger partial charge on any atom is 0.231 e. The molecule has 0 aromatic carbocycles. The van der Waals surface area contributed by atoms with E-state index >= 15 is 0 Å². The Morgan fingerprint density at radius 3 is 2.05 bits per heavy atom. The van der Waals surface area contributed by atoms with Crippen LogP contribution in [0.5, 0.6) is 0 Å². The van der Waals surface area contributed by atoms with Gasteiger partial charge in [0.25, 0.3) is 0 Å². The average Bonchev–Trinajstić information content (AvgIpc) is 2.65. The van der Waals surface area contributed by atoms with E-state index in [-0.39, 0.29) is 5.95 Å². The molecule has 1 aromatic heterocycles. The Morgan fingerprint density at radius 1 is 0.895 bits per heavy atom. The molecule has 1 aromatic rings. The van der Waals surface area contributed by atoms with Crippen LogP contribution in [0, 0.1) is 0 Å². The van der Waals surface area contributed by atoms with Crippen LogP contribution in [0.4, 0.5) is 17.8 Å². The first-order valence-corrected chi connectivity index (χ1v) is 6.99. The Labute approximate surface area is 115 Å². The summed E-state index contributed by atoms with van der Waals surface area (Å²) in [4.78, 5) is 16.9. The number of rotatable bonds is 3. The molecule has 0 aliphatic heterocycles. The third-order valence-electron chi connectivity index (χ3n) is 3.72. The molecule has 0 atom stereocenters. The van der Waals surface area contributed by atoms with Crippen LogP contribution < -0.4 is 15.5 Å². The maximum absolute atomic E-state index is 5.78. The van der Waals surface area contributed by atoms with Crippen molar-refractivity contribution in [1.82, 2.24) is 15.0 Å². The van der Waals surface area contributed by atoms with Gasteiger partial charge in [0.2, 0.25) is 17.8 Å². The van der Waals surface area contributed by atoms with Crippen LogP contribution >= 0.6 is 0 Å². The van der Waals surface area contributed by atoms with Crippen LogP contribution in [0.25, 0.3) is 0 Å². The van der Waals surface area contributed by atoms with Gasteiger partial charge in [0, 0.05) is 27.2 Å². The van der Waals surface area contributed by atoms with Gasteiger partial charge in [-0.2, -0.15) is 15.0 Å². The van der Waals surface area contributed by atoms with Crippen molar-refractivity contribution >= 4 is 17.8 Å². The van der Waals surface area contributed by atoms with Crippen LogP contribution in [0.1, 0.15) is 38.5 Å². The van der Waals surface area contributed by atoms with E-state index in [0.29, 0.717) is 17.9 Å². The number of nitrogens with two attached hydrogens (primary N) is 1. The van der Waals surface area contributed by atoms with Gasteiger partial charge in [-0.05, 0) is 12.8 Å². The third kappa shape index (κ3) is 3.45. The summed E-state index contributed by atoms with van der Waals surface area (Å²) < 4.78 is 0. The molecule has 1 aliphatic carbocycles. The van der Waals surface area contributed by atoms with Crippen molar-refractivity contribution in [2.75, 3.05) is 36.7 Å². The lowest BCUT2D eigenvalue weighted by atomic mass is 10.1. The zero-order valence-electron chi connectivity index (χ0n) is 12.1. The molecule has 0 saturated heterocycles. The molecule has 1 aliphatic rings. The highest BCUT2D eigenvalue weighted by molar-refractivity contribution is 5.42. The molecule has 19 heavy (non-hydrogen) atoms. The third-order valence-corrected chi connectivity index (χ3v) is 3.72. The van der Waals surface area contributed by atoms with E-state index < -0.39 is 0 Å². The molecule has 6 heteroatoms. The van der Waals surface area contributed by atoms with Gasteiger partial charge in [0.1, 0.15) is 0 Å². The van der Waals surface area contributed by atoms with Crippen molar-refractivity contribution in [3.63, 3.8) is 0 Å². The highest BCUT2D eigenvalue weighted by atomic mass is 15.3. The smallest absolute Gasteiger partial charge is 0.231 e. The molecule has 0 unspecified atom stereocenters. The molecular weight excluding hydrogens is 240 g/mol. The van der Waals surface area contributed by atoms with Gasteiger partial charge in [-0.1, -0.05) is 25.7 Å². The molecule has 0 bridgehead atoms. The second kappa shape index (κ2) is 6.04. The van der Waals surface area contributed by atoms with Crippen LogP contribution in [0.3, 0.4) is 0 Å². The first-order valence-electron chi connectivity index (χ1n) is 6.99. The Hall–Kier alpha value is -1.59. The van der Waals surface area contributed by atoms with Crippen molar-refractivity contribution in [3.05, 3.63) is 0 Å². The summed E-state index contributed by atoms with van der Waals surface area (Å²) in [5.74, 6) is 1.58. The number of hydrogen-bond donors (Lipinski definition) is 1. The zero-order valence-corrected chi connectivity index (χ0v) is 12.1. The minimum atomic E-state index is 0.286. The van der Waals surface area contributed by atoms with Crippen molar-refractivity contribution in [2.24, 2.45) is 0 Å². The standard InChI is InChI=1S/C13H24N6/c1-18(2)12-15-11(14)16-13(17-12)19(3)10-8-6-4-5-7-9-10/h10H,4-9H2,1-3H3,(H2,14,15,16,17). The fourth-order valence-corrected chi connectivity index (χ4v) is 2.54. The fraction of sp³-hybridized carbons (Fsp3) is 0.769. The van der Waals surface area contributed by atoms with Gasteiger partial charge in [-0.3, -0.25) is 0 Å². The number of aromatic nitrogens is 3. The molecule has 1 fully saturated rings. The van der Waals surface area contributed by atoms with E-state index in [2.05, 4.69) is 26.9 Å². The first kappa shape index (κ1) is 13.8. The molecule has 2 N–H and O–H groups in total. The van der Waals surface area contributed by atoms with Gasteiger partial charge >= 0.3 is 0 Å². The van der Waals surface area contributed by atoms with Gasteiger partial charge in [-0.25, -0.2) is 0 Å². The average molecular weight is 264 g/mol. The van der Waals surface area contributed by atoms with Crippen molar-refractivity contribution in [1.29, 1.82) is 0 Å². The van der Waals surface area contributed by atoms with Crippen LogP contribution in [-0.2, 0) is 0 Å². The number of anilines is 3. The highest BCUT2D eigenvalue weighted by Crippen LogP contribution is 2.24. The lowest BCUT2D eigenvalue weighted by molar-refractivity contribution is 0.544. The molecule has 0 radical (unpaired) electrons. The van der Waals surface area contributed by atoms with Crippen molar-refractivity contribution in [2.45, 2.75) is 44.6 Å². The molecule has 0 amide bonds. The van der Waals surface area contributed by atoms with E-state index in [4.69, 9.17) is 5.73 Å². The lowest BCUT2D eigenvalue weighted by Gasteiger charge is -2.27. The Bertz CT molecular complexity index is 412. The van der Waals surface area contributed by atoms with E-state index in [1.54, 1.807) is 0 Å². The highest BCUT2D eigenvalue weighted by Gasteiger charge is 2.20. The minimum absolute atomic E-state index is 0.286. The number of nitrogens with zero attached hydrogens (tertiary/aromatic N) is 5. The van der Waals surface area contributed by atoms with E-state index in [1.165, 1.54) is 38.5 Å². The van der Waals surface area contributed by atoms with Crippen molar-refractivity contribution in [3.8, 4) is 0 Å². The Morgan fingerprint density at radius 2 is 1.47 bits per heavy atom. The molecule has 1 heterocycles. The predicted octanol–water partition coefficient (Wildman–Crippen LogP) is 1.68. The van der Waals surface area contributed by atoms with Gasteiger partial charge in [-0.15, -0.1) is 0 Å². The van der Waals surface area contributed by atoms with Crippen LogP contribution in [0.2, 0.25) is 0 Å². The normalized spacial score (nSPS) is 17.0. The summed E-state index contributed by atoms with van der Waals surface area (Å²) in [5, 5.41) is 0. The monoisotopic (exact) mass is 264 g/mol. The SMILES string of the molecule is CN(C)c1nc(N)nc(N(C)C2CCCCCC2)n1. The van der Waals surface area contributed by atoms with E-state index in [9.17, 15) is 0 Å². The molecule has 106 valence electrons. The predicted molar refractivity (Wildman–Crippen MR) is 78.5 cm³/mol. The summed E-state index contributed by atoms with van der Waals surface area (Å²) in [5.41, 5.74) is 5.78. The molecule has 0 spiro atoms. The fourth-order valence-electron chi connectivity index (χ4n) is 2.54. The van der Waals surface area contributed by atoms with Gasteiger partial charge in [0.15, 0.2) is 0 Å². The largest absolute Gasteiger partial charge is 0.368 e. The van der Waals surface area contributed by atoms with Crippen LogP contribution in [-0.4, -0.2) is 42.1 Å². The molecule has 2 rings (SSSR count). The molecule has 1 saturated carbocycles. The van der Waals surface area contributed by atoms with Gasteiger partial charge < -0.3 is 15.5 Å². The van der Waals surface area contributed by atoms with Crippen molar-refractivity contribution < 1.29 is 0 Å². The van der Waals surface area contributed by atoms with Crippen LogP contribution in [0.15, 0.2) is 0 Å². The molecular formula is C13H24N6. The molecule has 6 nitrogen and oxygen atoms in total. The van der Waals surface area contributed by atoms with E-state index in [0.717, 1.165) is 0 Å². The summed E-state index contributed by atoms with van der Waals surface area (Å²) in [7, 11) is 5.87. The van der Waals surface area contributed by atoms with E-state index in [1.807, 2.05) is 19.0 Å². The number of hydrogen-bond acceptors (Lipinski definition) is 6. The Balaban J connectivity index is 2.19. The Kier molecular flexibility index (Phi) is 4.39. The maximum atomic E-state index is 5.78. The summed E-state index contributed by atoms with van der Waals surface area (Å²) in [6.45, 7) is 0.